The van der Waals surface area contributed by atoms with Gasteiger partial charge in [0.05, 0.1) is 17.2 Å². The summed E-state index contributed by atoms with van der Waals surface area (Å²) in [5.41, 5.74) is 0.403. The minimum atomic E-state index is -4.42. The van der Waals surface area contributed by atoms with Crippen LogP contribution in [-0.4, -0.2) is 63.6 Å². The van der Waals surface area contributed by atoms with E-state index in [0.29, 0.717) is 43.9 Å². The van der Waals surface area contributed by atoms with Crippen LogP contribution < -0.4 is 10.2 Å². The molecule has 4 atom stereocenters. The lowest BCUT2D eigenvalue weighted by atomic mass is 9.88. The van der Waals surface area contributed by atoms with Gasteiger partial charge in [0.2, 0.25) is 5.91 Å². The number of carbonyl (C=O) groups excluding carboxylic acids is 1. The molecule has 7 nitrogen and oxygen atoms in total. The molecule has 1 aromatic carbocycles. The number of alkyl halides is 3. The molecule has 2 aliphatic heterocycles. The van der Waals surface area contributed by atoms with Crippen molar-refractivity contribution in [2.45, 2.75) is 82.2 Å². The molecule has 0 spiro atoms. The first-order valence-corrected chi connectivity index (χ1v) is 13.3. The predicted molar refractivity (Wildman–Crippen MR) is 138 cm³/mol. The Kier molecular flexibility index (Phi) is 6.70. The van der Waals surface area contributed by atoms with Gasteiger partial charge in [0.25, 0.3) is 0 Å². The topological polar surface area (TPSA) is 81.6 Å². The third-order valence-corrected chi connectivity index (χ3v) is 8.38. The van der Waals surface area contributed by atoms with Crippen LogP contribution in [0.25, 0.3) is 0 Å². The van der Waals surface area contributed by atoms with Crippen LogP contribution in [0.5, 0.6) is 0 Å². The van der Waals surface area contributed by atoms with E-state index in [1.807, 2.05) is 4.90 Å². The monoisotopic (exact) mass is 531 g/mol. The van der Waals surface area contributed by atoms with Gasteiger partial charge < -0.3 is 20.2 Å². The van der Waals surface area contributed by atoms with E-state index in [2.05, 4.69) is 41.0 Å². The van der Waals surface area contributed by atoms with Crippen molar-refractivity contribution in [1.29, 1.82) is 0 Å². The van der Waals surface area contributed by atoms with Gasteiger partial charge in [0, 0.05) is 43.3 Å². The number of aromatic nitrogens is 2. The summed E-state index contributed by atoms with van der Waals surface area (Å²) in [5, 5.41) is 14.3. The van der Waals surface area contributed by atoms with E-state index in [9.17, 15) is 23.1 Å². The molecule has 2 aromatic rings. The van der Waals surface area contributed by atoms with Crippen molar-refractivity contribution < 1.29 is 23.1 Å². The van der Waals surface area contributed by atoms with Crippen LogP contribution in [-0.2, 0) is 16.6 Å². The molecule has 0 bridgehead atoms. The summed E-state index contributed by atoms with van der Waals surface area (Å²) in [6, 6.07) is 4.89. The van der Waals surface area contributed by atoms with Gasteiger partial charge in [-0.25, -0.2) is 9.97 Å². The standard InChI is InChI=1S/C28H36F3N5O2/c1-17-15-27(4,38)23-21(17)24(33-16-32-23)35-11-13-36(14-12-35)25(37)22(20-9-10-26(2,3)34-20)18-5-7-19(8-6-18)28(29,30)31/h5-8,16-17,20,22,34,38H,9-15H2,1-4H3/t17-,20?,22?,27-/m1/s1. The highest BCUT2D eigenvalue weighted by atomic mass is 19.4. The minimum absolute atomic E-state index is 0.0659. The smallest absolute Gasteiger partial charge is 0.384 e. The van der Waals surface area contributed by atoms with E-state index >= 15 is 0 Å². The fourth-order valence-corrected chi connectivity index (χ4v) is 6.49. The number of amides is 1. The molecule has 2 N–H and O–H groups in total. The first-order valence-electron chi connectivity index (χ1n) is 13.3. The zero-order chi connectivity index (χ0) is 27.5. The molecule has 3 aliphatic rings. The number of anilines is 1. The first kappa shape index (κ1) is 26.9. The number of hydrogen-bond acceptors (Lipinski definition) is 6. The van der Waals surface area contributed by atoms with Crippen LogP contribution >= 0.6 is 0 Å². The van der Waals surface area contributed by atoms with Crippen LogP contribution in [0.2, 0.25) is 0 Å². The lowest BCUT2D eigenvalue weighted by Crippen LogP contribution is -2.53. The van der Waals surface area contributed by atoms with Gasteiger partial charge in [-0.1, -0.05) is 19.1 Å². The predicted octanol–water partition coefficient (Wildman–Crippen LogP) is 4.17. The molecule has 3 heterocycles. The third-order valence-electron chi connectivity index (χ3n) is 8.38. The zero-order valence-electron chi connectivity index (χ0n) is 22.3. The van der Waals surface area contributed by atoms with E-state index < -0.39 is 23.3 Å². The summed E-state index contributed by atoms with van der Waals surface area (Å²) in [4.78, 5) is 26.8. The number of piperazine rings is 1. The Morgan fingerprint density at radius 2 is 1.76 bits per heavy atom. The molecule has 38 heavy (non-hydrogen) atoms. The maximum absolute atomic E-state index is 13.9. The van der Waals surface area contributed by atoms with Crippen molar-refractivity contribution >= 4 is 11.7 Å². The van der Waals surface area contributed by atoms with Gasteiger partial charge in [-0.3, -0.25) is 4.79 Å². The summed E-state index contributed by atoms with van der Waals surface area (Å²) in [5.74, 6) is 0.301. The van der Waals surface area contributed by atoms with Gasteiger partial charge in [0.1, 0.15) is 17.7 Å². The van der Waals surface area contributed by atoms with Gasteiger partial charge in [0.15, 0.2) is 0 Å². The summed E-state index contributed by atoms with van der Waals surface area (Å²) < 4.78 is 39.6. The molecule has 0 saturated carbocycles. The van der Waals surface area contributed by atoms with Crippen molar-refractivity contribution in [3.63, 3.8) is 0 Å². The summed E-state index contributed by atoms with van der Waals surface area (Å²) in [7, 11) is 0. The normalized spacial score (nSPS) is 27.9. The number of aliphatic hydroxyl groups is 1. The summed E-state index contributed by atoms with van der Waals surface area (Å²) in [6.45, 7) is 10.1. The average Bonchev–Trinajstić information content (AvgIpc) is 3.33. The number of carbonyl (C=O) groups is 1. The molecule has 1 aliphatic carbocycles. The maximum Gasteiger partial charge on any atom is 0.416 e. The molecule has 0 radical (unpaired) electrons. The lowest BCUT2D eigenvalue weighted by molar-refractivity contribution is -0.137. The van der Waals surface area contributed by atoms with Crippen molar-refractivity contribution in [2.75, 3.05) is 31.1 Å². The number of halogens is 3. The second-order valence-electron chi connectivity index (χ2n) is 11.9. The number of fused-ring (bicyclic) bond motifs is 1. The van der Waals surface area contributed by atoms with Crippen LogP contribution in [0.3, 0.4) is 0 Å². The highest BCUT2D eigenvalue weighted by molar-refractivity contribution is 5.85. The molecular formula is C28H36F3N5O2. The first-order chi connectivity index (χ1) is 17.8. The molecular weight excluding hydrogens is 495 g/mol. The Labute approximate surface area is 221 Å². The third kappa shape index (κ3) is 5.00. The van der Waals surface area contributed by atoms with Crippen LogP contribution in [0, 0.1) is 0 Å². The molecule has 206 valence electrons. The SMILES string of the molecule is C[C@@H]1C[C@@](C)(O)c2ncnc(N3CCN(C(=O)C(c4ccc(C(F)(F)F)cc4)C4CCC(C)(C)N4)CC3)c21. The van der Waals surface area contributed by atoms with Crippen LogP contribution in [0.15, 0.2) is 30.6 Å². The van der Waals surface area contributed by atoms with Crippen molar-refractivity contribution in [3.8, 4) is 0 Å². The molecule has 2 fully saturated rings. The van der Waals surface area contributed by atoms with E-state index in [1.165, 1.54) is 18.5 Å². The molecule has 1 amide bonds. The largest absolute Gasteiger partial charge is 0.416 e. The molecule has 5 rings (SSSR count). The van der Waals surface area contributed by atoms with E-state index in [-0.39, 0.29) is 23.4 Å². The second-order valence-corrected chi connectivity index (χ2v) is 11.9. The van der Waals surface area contributed by atoms with Crippen molar-refractivity contribution in [2.24, 2.45) is 0 Å². The van der Waals surface area contributed by atoms with Crippen LogP contribution in [0.1, 0.15) is 81.2 Å². The molecule has 2 unspecified atom stereocenters. The van der Waals surface area contributed by atoms with Crippen molar-refractivity contribution in [1.82, 2.24) is 20.2 Å². The second kappa shape index (κ2) is 9.48. The maximum atomic E-state index is 13.9. The number of nitrogens with one attached hydrogen (secondary N) is 1. The van der Waals surface area contributed by atoms with E-state index in [4.69, 9.17) is 0 Å². The fourth-order valence-electron chi connectivity index (χ4n) is 6.49. The number of rotatable bonds is 4. The summed E-state index contributed by atoms with van der Waals surface area (Å²) >= 11 is 0. The quantitative estimate of drug-likeness (QED) is 0.617. The number of hydrogen-bond donors (Lipinski definition) is 2. The molecule has 1 aromatic heterocycles. The van der Waals surface area contributed by atoms with Gasteiger partial charge >= 0.3 is 6.18 Å². The van der Waals surface area contributed by atoms with Crippen molar-refractivity contribution in [3.05, 3.63) is 53.0 Å². The van der Waals surface area contributed by atoms with Gasteiger partial charge in [-0.2, -0.15) is 13.2 Å². The highest BCUT2D eigenvalue weighted by Gasteiger charge is 2.43. The van der Waals surface area contributed by atoms with E-state index in [0.717, 1.165) is 36.4 Å². The highest BCUT2D eigenvalue weighted by Crippen LogP contribution is 2.46. The van der Waals surface area contributed by atoms with E-state index in [1.54, 1.807) is 6.92 Å². The number of benzene rings is 1. The van der Waals surface area contributed by atoms with Gasteiger partial charge in [-0.15, -0.1) is 0 Å². The summed E-state index contributed by atoms with van der Waals surface area (Å²) in [6.07, 6.45) is -0.682. The van der Waals surface area contributed by atoms with Crippen LogP contribution in [0.4, 0.5) is 19.0 Å². The molecule has 2 saturated heterocycles. The average molecular weight is 532 g/mol. The zero-order valence-corrected chi connectivity index (χ0v) is 22.3. The Balaban J connectivity index is 1.35. The Morgan fingerprint density at radius 3 is 2.34 bits per heavy atom. The Morgan fingerprint density at radius 1 is 1.11 bits per heavy atom. The fraction of sp³-hybridized carbons (Fsp3) is 0.607. The molecule has 10 heteroatoms. The number of nitrogens with zero attached hydrogens (tertiary/aromatic N) is 4. The minimum Gasteiger partial charge on any atom is -0.384 e. The van der Waals surface area contributed by atoms with Gasteiger partial charge in [-0.05, 0) is 63.6 Å². The Bertz CT molecular complexity index is 1190. The Hall–Kier alpha value is -2.72. The lowest BCUT2D eigenvalue weighted by Gasteiger charge is -2.39.